The van der Waals surface area contributed by atoms with E-state index in [9.17, 15) is 19.8 Å². The fourth-order valence-corrected chi connectivity index (χ4v) is 4.62. The van der Waals surface area contributed by atoms with Crippen LogP contribution in [0.1, 0.15) is 84.1 Å². The van der Waals surface area contributed by atoms with Crippen molar-refractivity contribution in [3.05, 3.63) is 64.7 Å². The normalized spacial score (nSPS) is 16.1. The van der Waals surface area contributed by atoms with Crippen LogP contribution in [0.25, 0.3) is 6.08 Å². The van der Waals surface area contributed by atoms with E-state index in [1.165, 1.54) is 5.56 Å². The van der Waals surface area contributed by atoms with Gasteiger partial charge in [-0.15, -0.1) is 0 Å². The van der Waals surface area contributed by atoms with E-state index >= 15 is 0 Å². The van der Waals surface area contributed by atoms with Crippen molar-refractivity contribution >= 4 is 18.3 Å². The molecule has 0 radical (unpaired) electrons. The first-order valence-electron chi connectivity index (χ1n) is 15.7. The molecule has 2 aliphatic rings. The van der Waals surface area contributed by atoms with Gasteiger partial charge in [-0.1, -0.05) is 55.7 Å². The number of benzene rings is 2. The number of ether oxygens (including phenoxy) is 4. The van der Waals surface area contributed by atoms with Crippen molar-refractivity contribution in [1.29, 1.82) is 0 Å². The summed E-state index contributed by atoms with van der Waals surface area (Å²) in [4.78, 5) is 23.1. The highest BCUT2D eigenvalue weighted by Gasteiger charge is 2.22. The minimum atomic E-state index is -0.532. The first kappa shape index (κ1) is 39.0. The summed E-state index contributed by atoms with van der Waals surface area (Å²) in [6.07, 6.45) is 5.78. The van der Waals surface area contributed by atoms with Crippen molar-refractivity contribution < 1.29 is 38.7 Å². The predicted octanol–water partition coefficient (Wildman–Crippen LogP) is 5.80. The zero-order valence-corrected chi connectivity index (χ0v) is 27.8. The highest BCUT2D eigenvalue weighted by molar-refractivity contribution is 5.69. The molecule has 0 aromatic heterocycles. The average Bonchev–Trinajstić information content (AvgIpc) is 2.99. The quantitative estimate of drug-likeness (QED) is 0.218. The Morgan fingerprint density at radius 1 is 0.915 bits per heavy atom. The molecule has 0 saturated carbocycles. The molecule has 0 spiro atoms. The molecule has 2 aromatic rings. The summed E-state index contributed by atoms with van der Waals surface area (Å²) in [6.45, 7) is 11.6. The molecule has 10 nitrogen and oxygen atoms in total. The topological polar surface area (TPSA) is 136 Å². The molecule has 10 heteroatoms. The van der Waals surface area contributed by atoms with E-state index in [0.29, 0.717) is 12.3 Å². The molecule has 2 heterocycles. The standard InChI is InChI=1S/C18H27NO4.C18H21NO4.CH4/c2*1-18(2,3)23-17(21)19-11-5-8-13-6-4-7-14-9-10-15(12-20)22-16(13)14;/h4,6-7,15,20H,5,8-12H2,1-3H3,(H,19,21);4,6-7,9-10,15,20H,11-12H2,1-3H3,(H,19,21);1H4. The molecule has 47 heavy (non-hydrogen) atoms. The maximum atomic E-state index is 11.6. The molecule has 2 unspecified atom stereocenters. The van der Waals surface area contributed by atoms with Gasteiger partial charge in [0.25, 0.3) is 0 Å². The van der Waals surface area contributed by atoms with Gasteiger partial charge in [0.2, 0.25) is 0 Å². The van der Waals surface area contributed by atoms with Gasteiger partial charge in [0.15, 0.2) is 0 Å². The highest BCUT2D eigenvalue weighted by Crippen LogP contribution is 2.32. The van der Waals surface area contributed by atoms with Gasteiger partial charge in [0.05, 0.1) is 25.3 Å². The van der Waals surface area contributed by atoms with Gasteiger partial charge < -0.3 is 39.8 Å². The number of carbonyl (C=O) groups excluding carboxylic acids is 2. The van der Waals surface area contributed by atoms with Crippen molar-refractivity contribution in [3.63, 3.8) is 0 Å². The second-order valence-corrected chi connectivity index (χ2v) is 13.0. The molecule has 2 aromatic carbocycles. The lowest BCUT2D eigenvalue weighted by Gasteiger charge is -2.26. The Labute approximate surface area is 279 Å². The van der Waals surface area contributed by atoms with Crippen molar-refractivity contribution in [2.75, 3.05) is 26.3 Å². The number of hydrogen-bond donors (Lipinski definition) is 4. The summed E-state index contributed by atoms with van der Waals surface area (Å²) in [6, 6.07) is 11.8. The van der Waals surface area contributed by atoms with Gasteiger partial charge in [-0.2, -0.15) is 0 Å². The maximum absolute atomic E-state index is 11.6. The van der Waals surface area contributed by atoms with Gasteiger partial charge in [0.1, 0.15) is 34.9 Å². The van der Waals surface area contributed by atoms with Crippen LogP contribution in [0.3, 0.4) is 0 Å². The fraction of sp³-hybridized carbons (Fsp3) is 0.514. The molecule has 0 bridgehead atoms. The summed E-state index contributed by atoms with van der Waals surface area (Å²) >= 11 is 0. The number of alkyl carbamates (subject to hydrolysis) is 2. The molecular formula is C37H52N2O8. The number of aryl methyl sites for hydroxylation is 2. The zero-order chi connectivity index (χ0) is 33.7. The van der Waals surface area contributed by atoms with Crippen LogP contribution in [-0.2, 0) is 22.3 Å². The largest absolute Gasteiger partial charge is 0.487 e. The summed E-state index contributed by atoms with van der Waals surface area (Å²) in [5.74, 6) is 7.41. The average molecular weight is 653 g/mol. The molecule has 2 amide bonds. The van der Waals surface area contributed by atoms with E-state index in [-0.39, 0.29) is 45.5 Å². The van der Waals surface area contributed by atoms with Gasteiger partial charge in [-0.05, 0) is 90.5 Å². The van der Waals surface area contributed by atoms with Crippen molar-refractivity contribution in [2.45, 2.75) is 98.1 Å². The Morgan fingerprint density at radius 2 is 1.60 bits per heavy atom. The second-order valence-electron chi connectivity index (χ2n) is 13.0. The molecule has 0 fully saturated rings. The number of nitrogens with one attached hydrogen (secondary N) is 2. The number of carbonyl (C=O) groups is 2. The number of fused-ring (bicyclic) bond motifs is 2. The Morgan fingerprint density at radius 3 is 2.26 bits per heavy atom. The van der Waals surface area contributed by atoms with Gasteiger partial charge in [-0.25, -0.2) is 9.59 Å². The molecule has 2 atom stereocenters. The lowest BCUT2D eigenvalue weighted by atomic mass is 9.97. The first-order valence-corrected chi connectivity index (χ1v) is 15.7. The first-order chi connectivity index (χ1) is 21.8. The number of para-hydroxylation sites is 2. The smallest absolute Gasteiger partial charge is 0.408 e. The van der Waals surface area contributed by atoms with Crippen LogP contribution < -0.4 is 20.1 Å². The van der Waals surface area contributed by atoms with E-state index < -0.39 is 17.3 Å². The fourth-order valence-electron chi connectivity index (χ4n) is 4.62. The number of rotatable bonds is 7. The third kappa shape index (κ3) is 13.6. The lowest BCUT2D eigenvalue weighted by molar-refractivity contribution is 0.0519. The number of hydrogen-bond acceptors (Lipinski definition) is 8. The van der Waals surface area contributed by atoms with Crippen LogP contribution >= 0.6 is 0 Å². The monoisotopic (exact) mass is 652 g/mol. The van der Waals surface area contributed by atoms with E-state index in [4.69, 9.17) is 18.9 Å². The summed E-state index contributed by atoms with van der Waals surface area (Å²) in [7, 11) is 0. The summed E-state index contributed by atoms with van der Waals surface area (Å²) in [5.41, 5.74) is 2.96. The van der Waals surface area contributed by atoms with Crippen LogP contribution in [0.2, 0.25) is 0 Å². The molecular weight excluding hydrogens is 600 g/mol. The van der Waals surface area contributed by atoms with Crippen LogP contribution in [0.5, 0.6) is 11.5 Å². The van der Waals surface area contributed by atoms with E-state index in [2.05, 4.69) is 28.5 Å². The minimum Gasteiger partial charge on any atom is -0.487 e. The van der Waals surface area contributed by atoms with Gasteiger partial charge in [-0.3, -0.25) is 0 Å². The van der Waals surface area contributed by atoms with Crippen LogP contribution in [0, 0.1) is 11.8 Å². The SMILES string of the molecule is C.CC(C)(C)OC(=O)NCC#Cc1cccc2c1OC(CO)C=C2.CC(C)(C)OC(=O)NCCCc1cccc2c1OC(CO)CC2. The summed E-state index contributed by atoms with van der Waals surface area (Å²) in [5, 5.41) is 23.8. The lowest BCUT2D eigenvalue weighted by Crippen LogP contribution is -2.33. The molecule has 4 rings (SSSR count). The van der Waals surface area contributed by atoms with Crippen LogP contribution in [-0.4, -0.2) is 72.1 Å². The minimum absolute atomic E-state index is 0. The highest BCUT2D eigenvalue weighted by atomic mass is 16.6. The summed E-state index contributed by atoms with van der Waals surface area (Å²) < 4.78 is 21.9. The number of amides is 2. The van der Waals surface area contributed by atoms with E-state index in [1.54, 1.807) is 20.8 Å². The molecule has 0 aliphatic carbocycles. The number of aliphatic hydroxyl groups excluding tert-OH is 2. The second kappa shape index (κ2) is 18.2. The number of aliphatic hydroxyl groups is 2. The maximum Gasteiger partial charge on any atom is 0.408 e. The Balaban J connectivity index is 0.000000320. The van der Waals surface area contributed by atoms with Crippen LogP contribution in [0.4, 0.5) is 9.59 Å². The molecule has 2 aliphatic heterocycles. The molecule has 4 N–H and O–H groups in total. The van der Waals surface area contributed by atoms with E-state index in [0.717, 1.165) is 48.1 Å². The molecule has 258 valence electrons. The Bertz CT molecular complexity index is 1410. The third-order valence-electron chi connectivity index (χ3n) is 6.62. The van der Waals surface area contributed by atoms with Crippen molar-refractivity contribution in [2.24, 2.45) is 0 Å². The Kier molecular flexibility index (Phi) is 15.1. The van der Waals surface area contributed by atoms with Crippen molar-refractivity contribution in [3.8, 4) is 23.3 Å². The predicted molar refractivity (Wildman–Crippen MR) is 184 cm³/mol. The zero-order valence-electron chi connectivity index (χ0n) is 27.8. The van der Waals surface area contributed by atoms with Crippen molar-refractivity contribution in [1.82, 2.24) is 10.6 Å². The van der Waals surface area contributed by atoms with Gasteiger partial charge in [0, 0.05) is 12.1 Å². The van der Waals surface area contributed by atoms with E-state index in [1.807, 2.05) is 63.3 Å². The molecule has 0 saturated heterocycles. The third-order valence-corrected chi connectivity index (χ3v) is 6.62. The Hall–Kier alpha value is -4.20. The van der Waals surface area contributed by atoms with Crippen LogP contribution in [0.15, 0.2) is 42.5 Å². The van der Waals surface area contributed by atoms with Gasteiger partial charge >= 0.3 is 12.2 Å².